The summed E-state index contributed by atoms with van der Waals surface area (Å²) in [6, 6.07) is 6.80. The molecule has 1 aliphatic heterocycles. The predicted octanol–water partition coefficient (Wildman–Crippen LogP) is 4.12. The number of anilines is 1. The van der Waals surface area contributed by atoms with Crippen LogP contribution in [0.3, 0.4) is 0 Å². The third-order valence-electron chi connectivity index (χ3n) is 7.66. The third kappa shape index (κ3) is 5.44. The summed E-state index contributed by atoms with van der Waals surface area (Å²) in [5.74, 6) is 3.45. The highest BCUT2D eigenvalue weighted by Gasteiger charge is 2.31. The Kier molecular flexibility index (Phi) is 8.56. The third-order valence-corrected chi connectivity index (χ3v) is 7.66. The molecule has 1 aliphatic rings. The lowest BCUT2D eigenvalue weighted by atomic mass is 10.0. The van der Waals surface area contributed by atoms with Crippen molar-refractivity contribution in [1.82, 2.24) is 24.4 Å². The molecule has 0 radical (unpaired) electrons. The van der Waals surface area contributed by atoms with Gasteiger partial charge in [0.25, 0.3) is 0 Å². The number of rotatable bonds is 5. The van der Waals surface area contributed by atoms with Crippen LogP contribution in [0, 0.1) is 30.4 Å². The summed E-state index contributed by atoms with van der Waals surface area (Å²) in [4.78, 5) is 43.4. The molecular weight excluding hydrogens is 566 g/mol. The van der Waals surface area contributed by atoms with Gasteiger partial charge in [0.05, 0.1) is 22.3 Å². The Hall–Kier alpha value is -4.95. The van der Waals surface area contributed by atoms with Crippen LogP contribution in [0.15, 0.2) is 54.0 Å². The fourth-order valence-electron chi connectivity index (χ4n) is 5.59. The zero-order valence-corrected chi connectivity index (χ0v) is 24.9. The number of amides is 1. The van der Waals surface area contributed by atoms with Gasteiger partial charge in [-0.3, -0.25) is 9.78 Å². The van der Waals surface area contributed by atoms with E-state index in [2.05, 4.69) is 33.4 Å². The maximum atomic E-state index is 16.1. The molecule has 0 aliphatic carbocycles. The fourth-order valence-corrected chi connectivity index (χ4v) is 5.59. The number of piperazine rings is 1. The molecular formula is C33H32F2N6O3. The standard InChI is InChI=1S/C33H32F2N6O3/c1-6-26(43)39-14-15-40(21(5)18-39)31-23-17-25(35)29(27-22(10-8-16-42)9-7-11-24(27)34)37-32(23)41(33(44)38-31)30-20(4)12-13-36-28(30)19(2)3/h6-7,9,11-13,17,19,21,42H,1,14-16,18H2,2-5H3/t21-/m0/s1. The van der Waals surface area contributed by atoms with E-state index in [9.17, 15) is 14.7 Å². The number of aryl methyl sites for hydroxylation is 1. The van der Waals surface area contributed by atoms with E-state index in [-0.39, 0.29) is 51.5 Å². The average molecular weight is 599 g/mol. The van der Waals surface area contributed by atoms with Gasteiger partial charge in [-0.1, -0.05) is 38.3 Å². The summed E-state index contributed by atoms with van der Waals surface area (Å²) in [6.07, 6.45) is 2.90. The molecule has 1 saturated heterocycles. The monoisotopic (exact) mass is 598 g/mol. The second-order valence-electron chi connectivity index (χ2n) is 10.9. The van der Waals surface area contributed by atoms with Crippen LogP contribution in [0.5, 0.6) is 0 Å². The van der Waals surface area contributed by atoms with Crippen molar-refractivity contribution in [3.63, 3.8) is 0 Å². The quantitative estimate of drug-likeness (QED) is 0.272. The Balaban J connectivity index is 1.85. The fraction of sp³-hybridized carbons (Fsp3) is 0.303. The van der Waals surface area contributed by atoms with Crippen LogP contribution in [0.4, 0.5) is 14.6 Å². The predicted molar refractivity (Wildman–Crippen MR) is 165 cm³/mol. The largest absolute Gasteiger partial charge is 0.384 e. The number of fused-ring (bicyclic) bond motifs is 1. The van der Waals surface area contributed by atoms with Crippen molar-refractivity contribution in [2.24, 2.45) is 0 Å². The van der Waals surface area contributed by atoms with E-state index >= 15 is 8.78 Å². The number of carbonyl (C=O) groups is 1. The lowest BCUT2D eigenvalue weighted by Crippen LogP contribution is -2.54. The number of aliphatic hydroxyl groups excluding tert-OH is 1. The molecule has 4 heterocycles. The molecule has 0 saturated carbocycles. The number of hydrogen-bond acceptors (Lipinski definition) is 7. The summed E-state index contributed by atoms with van der Waals surface area (Å²) in [6.45, 7) is 11.7. The van der Waals surface area contributed by atoms with Gasteiger partial charge in [0, 0.05) is 37.4 Å². The lowest BCUT2D eigenvalue weighted by molar-refractivity contribution is -0.126. The molecule has 11 heteroatoms. The summed E-state index contributed by atoms with van der Waals surface area (Å²) < 4.78 is 32.8. The molecule has 226 valence electrons. The lowest BCUT2D eigenvalue weighted by Gasteiger charge is -2.40. The first-order valence-electron chi connectivity index (χ1n) is 14.2. The van der Waals surface area contributed by atoms with E-state index in [4.69, 9.17) is 0 Å². The number of carbonyl (C=O) groups excluding carboxylic acids is 1. The Morgan fingerprint density at radius 2 is 1.98 bits per heavy atom. The SMILES string of the molecule is C=CC(=O)N1CCN(c2nc(=O)n(-c3c(C)ccnc3C(C)C)c3nc(-c4c(F)cccc4C#CCO)c(F)cc23)[C@@H](C)C1. The summed E-state index contributed by atoms with van der Waals surface area (Å²) in [5, 5.41) is 9.48. The topological polar surface area (TPSA) is 104 Å². The van der Waals surface area contributed by atoms with Gasteiger partial charge >= 0.3 is 5.69 Å². The van der Waals surface area contributed by atoms with Crippen LogP contribution in [-0.4, -0.2) is 67.7 Å². The first-order valence-corrected chi connectivity index (χ1v) is 14.2. The van der Waals surface area contributed by atoms with Gasteiger partial charge in [0.1, 0.15) is 23.9 Å². The summed E-state index contributed by atoms with van der Waals surface area (Å²) in [5.41, 5.74) is 0.791. The zero-order valence-electron chi connectivity index (χ0n) is 24.9. The number of benzene rings is 1. The highest BCUT2D eigenvalue weighted by molar-refractivity contribution is 5.91. The van der Waals surface area contributed by atoms with Gasteiger partial charge < -0.3 is 14.9 Å². The molecule has 1 aromatic carbocycles. The van der Waals surface area contributed by atoms with Crippen molar-refractivity contribution in [2.75, 3.05) is 31.1 Å². The van der Waals surface area contributed by atoms with Crippen LogP contribution in [-0.2, 0) is 4.79 Å². The number of hydrogen-bond donors (Lipinski definition) is 1. The highest BCUT2D eigenvalue weighted by atomic mass is 19.1. The molecule has 5 rings (SSSR count). The first kappa shape index (κ1) is 30.5. The second kappa shape index (κ2) is 12.3. The molecule has 3 aromatic heterocycles. The zero-order chi connectivity index (χ0) is 31.7. The Bertz CT molecular complexity index is 1910. The van der Waals surface area contributed by atoms with Crippen molar-refractivity contribution in [3.8, 4) is 28.8 Å². The van der Waals surface area contributed by atoms with Crippen LogP contribution in [0.1, 0.15) is 43.5 Å². The second-order valence-corrected chi connectivity index (χ2v) is 10.9. The molecule has 44 heavy (non-hydrogen) atoms. The van der Waals surface area contributed by atoms with Gasteiger partial charge in [-0.25, -0.2) is 23.1 Å². The first-order chi connectivity index (χ1) is 21.1. The van der Waals surface area contributed by atoms with Crippen LogP contribution >= 0.6 is 0 Å². The van der Waals surface area contributed by atoms with E-state index < -0.39 is 23.9 Å². The van der Waals surface area contributed by atoms with Crippen molar-refractivity contribution in [2.45, 2.75) is 39.7 Å². The maximum Gasteiger partial charge on any atom is 0.355 e. The van der Waals surface area contributed by atoms with Crippen molar-refractivity contribution in [1.29, 1.82) is 0 Å². The number of pyridine rings is 2. The number of halogens is 2. The molecule has 0 spiro atoms. The van der Waals surface area contributed by atoms with Crippen molar-refractivity contribution < 1.29 is 18.7 Å². The molecule has 0 unspecified atom stereocenters. The van der Waals surface area contributed by atoms with E-state index in [0.29, 0.717) is 31.0 Å². The minimum atomic E-state index is -0.844. The van der Waals surface area contributed by atoms with Crippen LogP contribution in [0.2, 0.25) is 0 Å². The van der Waals surface area contributed by atoms with Crippen molar-refractivity contribution in [3.05, 3.63) is 88.1 Å². The van der Waals surface area contributed by atoms with Gasteiger partial charge in [-0.05, 0) is 55.7 Å². The van der Waals surface area contributed by atoms with Gasteiger partial charge in [0.15, 0.2) is 11.5 Å². The van der Waals surface area contributed by atoms with Crippen LogP contribution < -0.4 is 10.6 Å². The minimum absolute atomic E-state index is 0.0653. The van der Waals surface area contributed by atoms with Crippen molar-refractivity contribution >= 4 is 22.8 Å². The molecule has 1 amide bonds. The molecule has 1 atom stereocenters. The van der Waals surface area contributed by atoms with Gasteiger partial charge in [-0.15, -0.1) is 0 Å². The average Bonchev–Trinajstić information content (AvgIpc) is 2.99. The van der Waals surface area contributed by atoms with E-state index in [1.807, 2.05) is 32.6 Å². The number of aliphatic hydroxyl groups is 1. The normalized spacial score (nSPS) is 15.0. The highest BCUT2D eigenvalue weighted by Crippen LogP contribution is 2.35. The molecule has 0 bridgehead atoms. The number of nitrogens with zero attached hydrogens (tertiary/aromatic N) is 6. The van der Waals surface area contributed by atoms with Crippen LogP contribution in [0.25, 0.3) is 28.0 Å². The maximum absolute atomic E-state index is 16.1. The molecule has 1 fully saturated rings. The number of aromatic nitrogens is 4. The molecule has 1 N–H and O–H groups in total. The van der Waals surface area contributed by atoms with E-state index in [0.717, 1.165) is 5.56 Å². The van der Waals surface area contributed by atoms with E-state index in [1.54, 1.807) is 17.2 Å². The van der Waals surface area contributed by atoms with E-state index in [1.165, 1.54) is 34.9 Å². The summed E-state index contributed by atoms with van der Waals surface area (Å²) >= 11 is 0. The summed E-state index contributed by atoms with van der Waals surface area (Å²) in [7, 11) is 0. The minimum Gasteiger partial charge on any atom is -0.384 e. The van der Waals surface area contributed by atoms with Gasteiger partial charge in [0.2, 0.25) is 5.91 Å². The smallest absolute Gasteiger partial charge is 0.355 e. The molecule has 4 aromatic rings. The Labute approximate surface area is 253 Å². The molecule has 9 nitrogen and oxygen atoms in total. The Morgan fingerprint density at radius 1 is 1.20 bits per heavy atom. The van der Waals surface area contributed by atoms with Gasteiger partial charge in [-0.2, -0.15) is 4.98 Å². The Morgan fingerprint density at radius 3 is 2.66 bits per heavy atom.